The fourth-order valence-electron chi connectivity index (χ4n) is 1.60. The van der Waals surface area contributed by atoms with Gasteiger partial charge in [-0.25, -0.2) is 4.98 Å². The third kappa shape index (κ3) is 1.30. The number of imidazole rings is 1. The summed E-state index contributed by atoms with van der Waals surface area (Å²) in [6.07, 6.45) is 2.87. The number of hydrogen-bond donors (Lipinski definition) is 2. The van der Waals surface area contributed by atoms with E-state index >= 15 is 0 Å². The second-order valence-corrected chi connectivity index (χ2v) is 3.06. The highest BCUT2D eigenvalue weighted by molar-refractivity contribution is 5.13. The number of aromatic nitrogens is 2. The first-order chi connectivity index (χ1) is 6.33. The summed E-state index contributed by atoms with van der Waals surface area (Å²) in [5.41, 5.74) is 0. The summed E-state index contributed by atoms with van der Waals surface area (Å²) in [7, 11) is 0. The Hall–Kier alpha value is -1.38. The van der Waals surface area contributed by atoms with Gasteiger partial charge in [-0.2, -0.15) is 5.26 Å². The Balaban J connectivity index is 2.30. The molecule has 0 aliphatic carbocycles. The first-order valence-electron chi connectivity index (χ1n) is 4.14. The lowest BCUT2D eigenvalue weighted by atomic mass is 10.2. The van der Waals surface area contributed by atoms with Crippen molar-refractivity contribution in [3.63, 3.8) is 0 Å². The van der Waals surface area contributed by atoms with Crippen molar-refractivity contribution >= 4 is 0 Å². The van der Waals surface area contributed by atoms with Gasteiger partial charge in [-0.3, -0.25) is 0 Å². The standard InChI is InChI=1S/C8H10N4O/c9-3-8-11-1-2-12(8)6-4-10-5-7(6)13/h1-2,6-7,10,13H,4-5H2. The van der Waals surface area contributed by atoms with Gasteiger partial charge in [-0.15, -0.1) is 0 Å². The molecule has 1 aromatic heterocycles. The topological polar surface area (TPSA) is 73.9 Å². The third-order valence-corrected chi connectivity index (χ3v) is 2.28. The summed E-state index contributed by atoms with van der Waals surface area (Å²) < 4.78 is 1.71. The molecule has 1 fully saturated rings. The summed E-state index contributed by atoms with van der Waals surface area (Å²) >= 11 is 0. The van der Waals surface area contributed by atoms with E-state index in [1.54, 1.807) is 17.0 Å². The first kappa shape index (κ1) is 8.23. The summed E-state index contributed by atoms with van der Waals surface area (Å²) in [6.45, 7) is 1.26. The Morgan fingerprint density at radius 3 is 3.15 bits per heavy atom. The van der Waals surface area contributed by atoms with E-state index in [1.807, 2.05) is 6.07 Å². The van der Waals surface area contributed by atoms with Crippen LogP contribution >= 0.6 is 0 Å². The molecular formula is C8H10N4O. The number of nitrogens with zero attached hydrogens (tertiary/aromatic N) is 3. The van der Waals surface area contributed by atoms with Crippen molar-refractivity contribution in [2.24, 2.45) is 0 Å². The van der Waals surface area contributed by atoms with E-state index in [2.05, 4.69) is 10.3 Å². The van der Waals surface area contributed by atoms with Crippen LogP contribution in [0, 0.1) is 11.3 Å². The van der Waals surface area contributed by atoms with Crippen LogP contribution in [0.1, 0.15) is 11.9 Å². The van der Waals surface area contributed by atoms with Crippen LogP contribution in [0.5, 0.6) is 0 Å². The molecule has 2 unspecified atom stereocenters. The van der Waals surface area contributed by atoms with Gasteiger partial charge >= 0.3 is 0 Å². The Labute approximate surface area is 75.6 Å². The van der Waals surface area contributed by atoms with Crippen LogP contribution in [0.2, 0.25) is 0 Å². The summed E-state index contributed by atoms with van der Waals surface area (Å²) in [4.78, 5) is 3.88. The van der Waals surface area contributed by atoms with Crippen molar-refractivity contribution in [2.75, 3.05) is 13.1 Å². The second kappa shape index (κ2) is 3.17. The van der Waals surface area contributed by atoms with Gasteiger partial charge in [0.15, 0.2) is 0 Å². The van der Waals surface area contributed by atoms with Crippen LogP contribution in [-0.2, 0) is 0 Å². The highest BCUT2D eigenvalue weighted by atomic mass is 16.3. The van der Waals surface area contributed by atoms with Gasteiger partial charge in [0.05, 0.1) is 12.1 Å². The molecule has 0 aromatic carbocycles. The van der Waals surface area contributed by atoms with Crippen LogP contribution < -0.4 is 5.32 Å². The minimum absolute atomic E-state index is 0.0582. The van der Waals surface area contributed by atoms with E-state index in [9.17, 15) is 5.11 Å². The highest BCUT2D eigenvalue weighted by Gasteiger charge is 2.27. The van der Waals surface area contributed by atoms with Gasteiger partial charge in [-0.05, 0) is 0 Å². The lowest BCUT2D eigenvalue weighted by Crippen LogP contribution is -2.22. The third-order valence-electron chi connectivity index (χ3n) is 2.28. The zero-order chi connectivity index (χ0) is 9.26. The van der Waals surface area contributed by atoms with Crippen molar-refractivity contribution in [2.45, 2.75) is 12.1 Å². The SMILES string of the molecule is N#Cc1nccn1C1CNCC1O. The molecule has 5 heteroatoms. The van der Waals surface area contributed by atoms with Crippen LogP contribution in [0.3, 0.4) is 0 Å². The maximum atomic E-state index is 9.56. The van der Waals surface area contributed by atoms with Gasteiger partial charge in [0.1, 0.15) is 6.07 Å². The molecule has 1 aliphatic heterocycles. The summed E-state index contributed by atoms with van der Waals surface area (Å²) in [5.74, 6) is 0.354. The summed E-state index contributed by atoms with van der Waals surface area (Å²) in [5, 5.41) is 21.3. The number of β-amino-alcohol motifs (C(OH)–C–C–N with tert-alkyl or cyclic N) is 1. The van der Waals surface area contributed by atoms with Crippen LogP contribution in [0.25, 0.3) is 0 Å². The van der Waals surface area contributed by atoms with Crippen LogP contribution in [0.4, 0.5) is 0 Å². The molecule has 0 amide bonds. The van der Waals surface area contributed by atoms with Crippen LogP contribution in [0.15, 0.2) is 12.4 Å². The van der Waals surface area contributed by atoms with E-state index in [4.69, 9.17) is 5.26 Å². The Bertz CT molecular complexity index is 340. The molecule has 0 saturated carbocycles. The number of aliphatic hydroxyl groups excluding tert-OH is 1. The number of aliphatic hydroxyl groups is 1. The smallest absolute Gasteiger partial charge is 0.213 e. The predicted molar refractivity (Wildman–Crippen MR) is 44.9 cm³/mol. The number of hydrogen-bond acceptors (Lipinski definition) is 4. The lowest BCUT2D eigenvalue weighted by molar-refractivity contribution is 0.150. The van der Waals surface area contributed by atoms with E-state index in [0.717, 1.165) is 0 Å². The fourth-order valence-corrected chi connectivity index (χ4v) is 1.60. The molecule has 2 atom stereocenters. The maximum absolute atomic E-state index is 9.56. The van der Waals surface area contributed by atoms with E-state index in [-0.39, 0.29) is 6.04 Å². The molecular weight excluding hydrogens is 168 g/mol. The average molecular weight is 178 g/mol. The minimum Gasteiger partial charge on any atom is -0.390 e. The van der Waals surface area contributed by atoms with Crippen molar-refractivity contribution in [3.8, 4) is 6.07 Å². The van der Waals surface area contributed by atoms with Crippen molar-refractivity contribution in [1.29, 1.82) is 5.26 Å². The predicted octanol–water partition coefficient (Wildman–Crippen LogP) is -0.740. The molecule has 0 spiro atoms. The number of nitrogens with one attached hydrogen (secondary N) is 1. The molecule has 1 aromatic rings. The molecule has 0 bridgehead atoms. The molecule has 1 aliphatic rings. The van der Waals surface area contributed by atoms with Gasteiger partial charge in [-0.1, -0.05) is 0 Å². The van der Waals surface area contributed by atoms with Gasteiger partial charge < -0.3 is 15.0 Å². The molecule has 2 N–H and O–H groups in total. The molecule has 2 heterocycles. The normalized spacial score (nSPS) is 27.4. The van der Waals surface area contributed by atoms with Crippen molar-refractivity contribution in [3.05, 3.63) is 18.2 Å². The van der Waals surface area contributed by atoms with Gasteiger partial charge in [0.2, 0.25) is 5.82 Å². The van der Waals surface area contributed by atoms with Crippen LogP contribution in [-0.4, -0.2) is 33.9 Å². The first-order valence-corrected chi connectivity index (χ1v) is 4.14. The molecule has 13 heavy (non-hydrogen) atoms. The molecule has 5 nitrogen and oxygen atoms in total. The molecule has 1 saturated heterocycles. The van der Waals surface area contributed by atoms with Gasteiger partial charge in [0, 0.05) is 25.5 Å². The van der Waals surface area contributed by atoms with Crippen molar-refractivity contribution < 1.29 is 5.11 Å². The Morgan fingerprint density at radius 1 is 1.69 bits per heavy atom. The molecule has 0 radical (unpaired) electrons. The van der Waals surface area contributed by atoms with E-state index in [0.29, 0.717) is 18.9 Å². The largest absolute Gasteiger partial charge is 0.390 e. The highest BCUT2D eigenvalue weighted by Crippen LogP contribution is 2.16. The Kier molecular flexibility index (Phi) is 2.00. The van der Waals surface area contributed by atoms with Gasteiger partial charge in [0.25, 0.3) is 0 Å². The quantitative estimate of drug-likeness (QED) is 0.594. The fraction of sp³-hybridized carbons (Fsp3) is 0.500. The second-order valence-electron chi connectivity index (χ2n) is 3.06. The molecule has 2 rings (SSSR count). The maximum Gasteiger partial charge on any atom is 0.213 e. The lowest BCUT2D eigenvalue weighted by Gasteiger charge is -2.15. The number of nitriles is 1. The van der Waals surface area contributed by atoms with E-state index in [1.165, 1.54) is 0 Å². The molecule has 68 valence electrons. The number of rotatable bonds is 1. The van der Waals surface area contributed by atoms with Crippen molar-refractivity contribution in [1.82, 2.24) is 14.9 Å². The van der Waals surface area contributed by atoms with E-state index < -0.39 is 6.10 Å². The summed E-state index contributed by atoms with van der Waals surface area (Å²) in [6, 6.07) is 1.93. The monoisotopic (exact) mass is 178 g/mol. The minimum atomic E-state index is -0.429. The Morgan fingerprint density at radius 2 is 2.54 bits per heavy atom. The zero-order valence-corrected chi connectivity index (χ0v) is 7.01. The zero-order valence-electron chi connectivity index (χ0n) is 7.01. The average Bonchev–Trinajstić information content (AvgIpc) is 2.71.